The molecule has 0 aliphatic rings. The van der Waals surface area contributed by atoms with Gasteiger partial charge in [0.05, 0.1) is 0 Å². The lowest BCUT2D eigenvalue weighted by Crippen LogP contribution is -2.37. The summed E-state index contributed by atoms with van der Waals surface area (Å²) in [6.45, 7) is 0. The van der Waals surface area contributed by atoms with Crippen molar-refractivity contribution in [2.75, 3.05) is 14.1 Å². The minimum atomic E-state index is -0.582. The van der Waals surface area contributed by atoms with Crippen molar-refractivity contribution in [3.8, 4) is 0 Å². The summed E-state index contributed by atoms with van der Waals surface area (Å²) in [5.74, 6) is 0. The van der Waals surface area contributed by atoms with Gasteiger partial charge in [0.15, 0.2) is 0 Å². The van der Waals surface area contributed by atoms with Crippen molar-refractivity contribution in [2.24, 2.45) is 0 Å². The molecule has 0 heterocycles. The summed E-state index contributed by atoms with van der Waals surface area (Å²) in [4.78, 5) is 23.6. The Morgan fingerprint density at radius 3 is 2.40 bits per heavy atom. The van der Waals surface area contributed by atoms with Crippen LogP contribution in [0.2, 0.25) is 0 Å². The van der Waals surface area contributed by atoms with E-state index in [1.54, 1.807) is 26.2 Å². The Bertz CT molecular complexity index is 336. The molecule has 1 rings (SSSR count). The second-order valence-corrected chi connectivity index (χ2v) is 3.37. The lowest BCUT2D eigenvalue weighted by molar-refractivity contribution is -0.109. The maximum atomic E-state index is 11.3. The zero-order valence-electron chi connectivity index (χ0n) is 8.81. The van der Waals surface area contributed by atoms with Gasteiger partial charge in [0.25, 0.3) is 0 Å². The number of carbonyl (C=O) groups is 2. The number of nitrogens with one attached hydrogen (secondary N) is 1. The highest BCUT2D eigenvalue weighted by Crippen LogP contribution is 2.09. The standard InChI is InChI=1S/C11H14N2O2/c1-13(2)11(15)12-10(8-14)9-6-4-3-5-7-9/h3-8,10H,1-2H3,(H,12,15). The Labute approximate surface area is 88.9 Å². The molecule has 0 aromatic heterocycles. The topological polar surface area (TPSA) is 49.4 Å². The van der Waals surface area contributed by atoms with Gasteiger partial charge in [0.1, 0.15) is 12.3 Å². The zero-order chi connectivity index (χ0) is 11.3. The van der Waals surface area contributed by atoms with Gasteiger partial charge in [-0.15, -0.1) is 0 Å². The molecule has 0 spiro atoms. The minimum Gasteiger partial charge on any atom is -0.331 e. The summed E-state index contributed by atoms with van der Waals surface area (Å²) in [6, 6.07) is 8.25. The second kappa shape index (κ2) is 5.14. The molecule has 80 valence electrons. The van der Waals surface area contributed by atoms with Gasteiger partial charge < -0.3 is 15.0 Å². The third kappa shape index (κ3) is 3.09. The van der Waals surface area contributed by atoms with Gasteiger partial charge in [-0.25, -0.2) is 4.79 Å². The molecule has 0 bridgehead atoms. The highest BCUT2D eigenvalue weighted by Gasteiger charge is 2.13. The third-order valence-electron chi connectivity index (χ3n) is 1.98. The summed E-state index contributed by atoms with van der Waals surface area (Å²) in [7, 11) is 3.25. The second-order valence-electron chi connectivity index (χ2n) is 3.37. The van der Waals surface area contributed by atoms with E-state index in [1.165, 1.54) is 4.90 Å². The van der Waals surface area contributed by atoms with Crippen molar-refractivity contribution in [2.45, 2.75) is 6.04 Å². The molecule has 1 aromatic rings. The van der Waals surface area contributed by atoms with Crippen LogP contribution in [0.5, 0.6) is 0 Å². The van der Waals surface area contributed by atoms with E-state index in [0.29, 0.717) is 0 Å². The van der Waals surface area contributed by atoms with Crippen LogP contribution in [-0.4, -0.2) is 31.3 Å². The molecular formula is C11H14N2O2. The van der Waals surface area contributed by atoms with Crippen LogP contribution >= 0.6 is 0 Å². The van der Waals surface area contributed by atoms with Gasteiger partial charge in [-0.05, 0) is 5.56 Å². The number of urea groups is 1. The molecular weight excluding hydrogens is 192 g/mol. The molecule has 1 aromatic carbocycles. The number of amides is 2. The largest absolute Gasteiger partial charge is 0.331 e. The van der Waals surface area contributed by atoms with Gasteiger partial charge >= 0.3 is 6.03 Å². The first-order valence-electron chi connectivity index (χ1n) is 4.63. The summed E-state index contributed by atoms with van der Waals surface area (Å²) in [5.41, 5.74) is 0.780. The van der Waals surface area contributed by atoms with E-state index in [4.69, 9.17) is 0 Å². The lowest BCUT2D eigenvalue weighted by atomic mass is 10.1. The van der Waals surface area contributed by atoms with Crippen molar-refractivity contribution < 1.29 is 9.59 Å². The molecule has 1 atom stereocenters. The number of nitrogens with zero attached hydrogens (tertiary/aromatic N) is 1. The van der Waals surface area contributed by atoms with E-state index < -0.39 is 6.04 Å². The summed E-state index contributed by atoms with van der Waals surface area (Å²) in [6.07, 6.45) is 0.719. The molecule has 0 saturated heterocycles. The van der Waals surface area contributed by atoms with Crippen LogP contribution < -0.4 is 5.32 Å². The van der Waals surface area contributed by atoms with E-state index in [2.05, 4.69) is 5.32 Å². The van der Waals surface area contributed by atoms with Crippen LogP contribution in [0.25, 0.3) is 0 Å². The smallest absolute Gasteiger partial charge is 0.317 e. The molecule has 1 N–H and O–H groups in total. The molecule has 0 saturated carbocycles. The fourth-order valence-electron chi connectivity index (χ4n) is 1.12. The van der Waals surface area contributed by atoms with Crippen LogP contribution in [0.4, 0.5) is 4.79 Å². The van der Waals surface area contributed by atoms with Crippen molar-refractivity contribution >= 4 is 12.3 Å². The predicted octanol–water partition coefficient (Wildman–Crippen LogP) is 1.20. The van der Waals surface area contributed by atoms with Crippen molar-refractivity contribution in [3.05, 3.63) is 35.9 Å². The average molecular weight is 206 g/mol. The van der Waals surface area contributed by atoms with E-state index in [0.717, 1.165) is 11.8 Å². The Morgan fingerprint density at radius 2 is 1.93 bits per heavy atom. The molecule has 0 aliphatic carbocycles. The first-order valence-corrected chi connectivity index (χ1v) is 4.63. The molecule has 15 heavy (non-hydrogen) atoms. The monoisotopic (exact) mass is 206 g/mol. The Hall–Kier alpha value is -1.84. The van der Waals surface area contributed by atoms with Crippen molar-refractivity contribution in [1.82, 2.24) is 10.2 Å². The fourth-order valence-corrected chi connectivity index (χ4v) is 1.12. The maximum Gasteiger partial charge on any atom is 0.317 e. The van der Waals surface area contributed by atoms with Crippen LogP contribution in [0.3, 0.4) is 0 Å². The third-order valence-corrected chi connectivity index (χ3v) is 1.98. The number of carbonyl (C=O) groups excluding carboxylic acids is 2. The quantitative estimate of drug-likeness (QED) is 0.755. The fraction of sp³-hybridized carbons (Fsp3) is 0.273. The number of benzene rings is 1. The molecule has 0 fully saturated rings. The van der Waals surface area contributed by atoms with Crippen LogP contribution in [0.15, 0.2) is 30.3 Å². The molecule has 4 nitrogen and oxygen atoms in total. The van der Waals surface area contributed by atoms with Gasteiger partial charge in [-0.1, -0.05) is 30.3 Å². The van der Waals surface area contributed by atoms with Gasteiger partial charge in [0.2, 0.25) is 0 Å². The minimum absolute atomic E-state index is 0.282. The lowest BCUT2D eigenvalue weighted by Gasteiger charge is -2.16. The first kappa shape index (κ1) is 11.2. The average Bonchev–Trinajstić information content (AvgIpc) is 2.26. The van der Waals surface area contributed by atoms with Crippen molar-refractivity contribution in [1.29, 1.82) is 0 Å². The number of hydrogen-bond acceptors (Lipinski definition) is 2. The van der Waals surface area contributed by atoms with Crippen LogP contribution in [-0.2, 0) is 4.79 Å². The van der Waals surface area contributed by atoms with Crippen LogP contribution in [0, 0.1) is 0 Å². The van der Waals surface area contributed by atoms with E-state index in [-0.39, 0.29) is 6.03 Å². The molecule has 0 aliphatic heterocycles. The SMILES string of the molecule is CN(C)C(=O)NC(C=O)c1ccccc1. The number of hydrogen-bond donors (Lipinski definition) is 1. The predicted molar refractivity (Wildman–Crippen MR) is 57.5 cm³/mol. The number of aldehydes is 1. The molecule has 0 radical (unpaired) electrons. The Morgan fingerprint density at radius 1 is 1.33 bits per heavy atom. The molecule has 4 heteroatoms. The molecule has 2 amide bonds. The summed E-state index contributed by atoms with van der Waals surface area (Å²) < 4.78 is 0. The highest BCUT2D eigenvalue weighted by molar-refractivity contribution is 5.78. The summed E-state index contributed by atoms with van der Waals surface area (Å²) in [5, 5.41) is 2.60. The van der Waals surface area contributed by atoms with Gasteiger partial charge in [-0.3, -0.25) is 0 Å². The van der Waals surface area contributed by atoms with E-state index in [9.17, 15) is 9.59 Å². The van der Waals surface area contributed by atoms with Crippen LogP contribution in [0.1, 0.15) is 11.6 Å². The van der Waals surface area contributed by atoms with Crippen molar-refractivity contribution in [3.63, 3.8) is 0 Å². The Balaban J connectivity index is 2.73. The maximum absolute atomic E-state index is 11.3. The first-order chi connectivity index (χ1) is 7.15. The summed E-state index contributed by atoms with van der Waals surface area (Å²) >= 11 is 0. The number of rotatable bonds is 3. The van der Waals surface area contributed by atoms with Gasteiger partial charge in [0, 0.05) is 14.1 Å². The van der Waals surface area contributed by atoms with Gasteiger partial charge in [-0.2, -0.15) is 0 Å². The normalized spacial score (nSPS) is 11.6. The zero-order valence-corrected chi connectivity index (χ0v) is 8.81. The highest BCUT2D eigenvalue weighted by atomic mass is 16.2. The van der Waals surface area contributed by atoms with E-state index >= 15 is 0 Å². The molecule has 1 unspecified atom stereocenters. The van der Waals surface area contributed by atoms with E-state index in [1.807, 2.05) is 18.2 Å². The Kier molecular flexibility index (Phi) is 3.85.